The smallest absolute Gasteiger partial charge is 0.253 e. The van der Waals surface area contributed by atoms with Gasteiger partial charge in [0.1, 0.15) is 0 Å². The molecule has 0 aromatic heterocycles. The van der Waals surface area contributed by atoms with E-state index in [0.29, 0.717) is 17.3 Å². The highest BCUT2D eigenvalue weighted by atomic mass is 16.5. The summed E-state index contributed by atoms with van der Waals surface area (Å²) in [5, 5.41) is 6.40. The van der Waals surface area contributed by atoms with Crippen molar-refractivity contribution in [1.29, 1.82) is 0 Å². The number of morpholine rings is 1. The van der Waals surface area contributed by atoms with Gasteiger partial charge >= 0.3 is 0 Å². The molecule has 4 N–H and O–H groups in total. The molecular weight excluding hydrogens is 328 g/mol. The van der Waals surface area contributed by atoms with Gasteiger partial charge in [0.25, 0.3) is 5.91 Å². The van der Waals surface area contributed by atoms with Gasteiger partial charge in [0.2, 0.25) is 0 Å². The zero-order valence-corrected chi connectivity index (χ0v) is 15.8. The van der Waals surface area contributed by atoms with Gasteiger partial charge in [-0.25, -0.2) is 0 Å². The van der Waals surface area contributed by atoms with Crippen LogP contribution in [0.25, 0.3) is 0 Å². The number of carbonyl (C=O) groups excluding carboxylic acids is 1. The first-order chi connectivity index (χ1) is 12.5. The van der Waals surface area contributed by atoms with Gasteiger partial charge in [0, 0.05) is 19.6 Å². The van der Waals surface area contributed by atoms with Crippen LogP contribution in [0.15, 0.2) is 12.1 Å². The number of fused-ring (bicyclic) bond motifs is 2. The van der Waals surface area contributed by atoms with Crippen LogP contribution in [0.5, 0.6) is 0 Å². The topological polar surface area (TPSA) is 79.6 Å². The molecule has 0 radical (unpaired) electrons. The number of nitrogens with one attached hydrogen (secondary N) is 2. The van der Waals surface area contributed by atoms with E-state index >= 15 is 0 Å². The standard InChI is InChI=1S/C20H30N4O2/c1-12-3-5-13(6-4-12)23-20(25)16-8-17(21)18(22-2)9-19(16)24-10-15-7-14(24)11-26-15/h8-9,12-15,22H,3-7,10-11,21H2,1-2H3,(H,23,25)/t12-,13-,14-,15-/m0/s1. The second-order valence-corrected chi connectivity index (χ2v) is 8.13. The van der Waals surface area contributed by atoms with E-state index in [2.05, 4.69) is 22.5 Å². The lowest BCUT2D eigenvalue weighted by Crippen LogP contribution is -2.41. The number of hydrogen-bond acceptors (Lipinski definition) is 5. The van der Waals surface area contributed by atoms with Crippen LogP contribution in [0, 0.1) is 5.92 Å². The fraction of sp³-hybridized carbons (Fsp3) is 0.650. The van der Waals surface area contributed by atoms with Crippen molar-refractivity contribution >= 4 is 23.0 Å². The molecule has 2 aliphatic heterocycles. The van der Waals surface area contributed by atoms with Gasteiger partial charge in [0.05, 0.1) is 41.4 Å². The Kier molecular flexibility index (Phi) is 4.69. The molecule has 2 saturated heterocycles. The molecule has 1 saturated carbocycles. The first-order valence-electron chi connectivity index (χ1n) is 9.85. The SMILES string of the molecule is CNc1cc(N2C[C@@H]3C[C@H]2CO3)c(C(=O)N[C@H]2CC[C@H](C)CC2)cc1N. The Hall–Kier alpha value is -1.95. The fourth-order valence-corrected chi connectivity index (χ4v) is 4.60. The van der Waals surface area contributed by atoms with Crippen molar-refractivity contribution in [1.82, 2.24) is 5.32 Å². The minimum absolute atomic E-state index is 0.00222. The van der Waals surface area contributed by atoms with E-state index in [9.17, 15) is 4.79 Å². The summed E-state index contributed by atoms with van der Waals surface area (Å²) in [6, 6.07) is 4.48. The molecule has 2 heterocycles. The van der Waals surface area contributed by atoms with E-state index in [1.807, 2.05) is 19.2 Å². The molecule has 1 aromatic rings. The van der Waals surface area contributed by atoms with E-state index in [-0.39, 0.29) is 18.1 Å². The first kappa shape index (κ1) is 17.5. The molecule has 26 heavy (non-hydrogen) atoms. The highest BCUT2D eigenvalue weighted by molar-refractivity contribution is 6.02. The molecule has 4 rings (SSSR count). The molecule has 6 nitrogen and oxygen atoms in total. The number of ether oxygens (including phenoxy) is 1. The Labute approximate surface area is 155 Å². The molecule has 6 heteroatoms. The van der Waals surface area contributed by atoms with Gasteiger partial charge in [-0.1, -0.05) is 6.92 Å². The Morgan fingerprint density at radius 1 is 1.27 bits per heavy atom. The lowest BCUT2D eigenvalue weighted by atomic mass is 9.87. The Balaban J connectivity index is 1.59. The third kappa shape index (κ3) is 3.22. The summed E-state index contributed by atoms with van der Waals surface area (Å²) in [7, 11) is 1.86. The van der Waals surface area contributed by atoms with Crippen LogP contribution in [0.4, 0.5) is 17.1 Å². The highest BCUT2D eigenvalue weighted by Crippen LogP contribution is 2.38. The van der Waals surface area contributed by atoms with Crippen LogP contribution in [-0.2, 0) is 4.74 Å². The van der Waals surface area contributed by atoms with E-state index < -0.39 is 0 Å². The summed E-state index contributed by atoms with van der Waals surface area (Å²) in [4.78, 5) is 15.4. The third-order valence-electron chi connectivity index (χ3n) is 6.24. The summed E-state index contributed by atoms with van der Waals surface area (Å²) in [5.41, 5.74) is 9.32. The predicted molar refractivity (Wildman–Crippen MR) is 105 cm³/mol. The zero-order chi connectivity index (χ0) is 18.3. The fourth-order valence-electron chi connectivity index (χ4n) is 4.60. The maximum absolute atomic E-state index is 13.1. The van der Waals surface area contributed by atoms with Crippen molar-refractivity contribution in [3.8, 4) is 0 Å². The minimum atomic E-state index is -0.00222. The quantitative estimate of drug-likeness (QED) is 0.721. The summed E-state index contributed by atoms with van der Waals surface area (Å²) in [6.45, 7) is 3.88. The van der Waals surface area contributed by atoms with Crippen molar-refractivity contribution < 1.29 is 9.53 Å². The Bertz CT molecular complexity index is 685. The maximum Gasteiger partial charge on any atom is 0.253 e. The Morgan fingerprint density at radius 3 is 2.65 bits per heavy atom. The molecule has 2 bridgehead atoms. The molecule has 1 aliphatic carbocycles. The highest BCUT2D eigenvalue weighted by Gasteiger charge is 2.40. The van der Waals surface area contributed by atoms with Crippen LogP contribution in [0.2, 0.25) is 0 Å². The lowest BCUT2D eigenvalue weighted by Gasteiger charge is -2.32. The van der Waals surface area contributed by atoms with Crippen molar-refractivity contribution in [2.45, 2.75) is 57.2 Å². The molecule has 0 unspecified atom stereocenters. The predicted octanol–water partition coefficient (Wildman–Crippen LogP) is 2.60. The number of carbonyl (C=O) groups is 1. The van der Waals surface area contributed by atoms with E-state index in [1.165, 1.54) is 12.8 Å². The van der Waals surface area contributed by atoms with E-state index in [4.69, 9.17) is 10.5 Å². The van der Waals surface area contributed by atoms with Crippen LogP contribution in [-0.4, -0.2) is 44.3 Å². The summed E-state index contributed by atoms with van der Waals surface area (Å²) >= 11 is 0. The molecule has 3 fully saturated rings. The molecule has 1 aromatic carbocycles. The average Bonchev–Trinajstić information content (AvgIpc) is 3.26. The summed E-state index contributed by atoms with van der Waals surface area (Å²) in [5.74, 6) is 0.766. The Morgan fingerprint density at radius 2 is 2.04 bits per heavy atom. The number of hydrogen-bond donors (Lipinski definition) is 3. The van der Waals surface area contributed by atoms with Gasteiger partial charge in [-0.05, 0) is 50.2 Å². The van der Waals surface area contributed by atoms with Crippen molar-refractivity contribution in [2.75, 3.05) is 36.1 Å². The van der Waals surface area contributed by atoms with Gasteiger partial charge in [-0.3, -0.25) is 4.79 Å². The molecule has 1 amide bonds. The minimum Gasteiger partial charge on any atom is -0.397 e. The van der Waals surface area contributed by atoms with E-state index in [0.717, 1.165) is 49.7 Å². The molecule has 3 aliphatic rings. The number of benzene rings is 1. The van der Waals surface area contributed by atoms with Crippen LogP contribution >= 0.6 is 0 Å². The van der Waals surface area contributed by atoms with E-state index in [1.54, 1.807) is 0 Å². The number of nitrogen functional groups attached to an aromatic ring is 1. The number of nitrogens with zero attached hydrogens (tertiary/aromatic N) is 1. The molecular formula is C20H30N4O2. The molecule has 2 atom stereocenters. The molecule has 0 spiro atoms. The second kappa shape index (κ2) is 6.99. The zero-order valence-electron chi connectivity index (χ0n) is 15.8. The largest absolute Gasteiger partial charge is 0.397 e. The average molecular weight is 358 g/mol. The number of nitrogens with two attached hydrogens (primary N) is 1. The van der Waals surface area contributed by atoms with Gasteiger partial charge < -0.3 is 26.0 Å². The number of rotatable bonds is 4. The molecule has 142 valence electrons. The van der Waals surface area contributed by atoms with Gasteiger partial charge in [0.15, 0.2) is 0 Å². The number of amides is 1. The summed E-state index contributed by atoms with van der Waals surface area (Å²) in [6.07, 6.45) is 5.83. The first-order valence-corrected chi connectivity index (χ1v) is 9.85. The number of anilines is 3. The van der Waals surface area contributed by atoms with Crippen molar-refractivity contribution in [2.24, 2.45) is 5.92 Å². The van der Waals surface area contributed by atoms with Crippen LogP contribution in [0.3, 0.4) is 0 Å². The normalized spacial score (nSPS) is 30.5. The summed E-state index contributed by atoms with van der Waals surface area (Å²) < 4.78 is 5.73. The monoisotopic (exact) mass is 358 g/mol. The van der Waals surface area contributed by atoms with Gasteiger partial charge in [-0.15, -0.1) is 0 Å². The van der Waals surface area contributed by atoms with Gasteiger partial charge in [-0.2, -0.15) is 0 Å². The maximum atomic E-state index is 13.1. The van der Waals surface area contributed by atoms with Crippen LogP contribution in [0.1, 0.15) is 49.4 Å². The van der Waals surface area contributed by atoms with Crippen molar-refractivity contribution in [3.63, 3.8) is 0 Å². The second-order valence-electron chi connectivity index (χ2n) is 8.13. The lowest BCUT2D eigenvalue weighted by molar-refractivity contribution is 0.0917. The third-order valence-corrected chi connectivity index (χ3v) is 6.24. The van der Waals surface area contributed by atoms with Crippen molar-refractivity contribution in [3.05, 3.63) is 17.7 Å². The van der Waals surface area contributed by atoms with Crippen LogP contribution < -0.4 is 21.3 Å².